The maximum absolute atomic E-state index is 13.2. The Morgan fingerprint density at radius 1 is 1.04 bits per heavy atom. The summed E-state index contributed by atoms with van der Waals surface area (Å²) in [5.74, 6) is -0.299. The van der Waals surface area contributed by atoms with E-state index in [1.807, 2.05) is 50.2 Å². The molecule has 3 nitrogen and oxygen atoms in total. The van der Waals surface area contributed by atoms with Crippen molar-refractivity contribution in [1.29, 1.82) is 0 Å². The number of anilines is 1. The fraction of sp³-hybridized carbons (Fsp3) is 0.316. The van der Waals surface area contributed by atoms with Crippen LogP contribution in [0.3, 0.4) is 0 Å². The molecule has 23 heavy (non-hydrogen) atoms. The Morgan fingerprint density at radius 3 is 2.30 bits per heavy atom. The normalized spacial score (nSPS) is 10.4. The molecule has 0 radical (unpaired) electrons. The quantitative estimate of drug-likeness (QED) is 0.815. The summed E-state index contributed by atoms with van der Waals surface area (Å²) in [4.78, 5) is 16.3. The molecule has 2 aromatic carbocycles. The number of halogens is 1. The fourth-order valence-electron chi connectivity index (χ4n) is 2.43. The van der Waals surface area contributed by atoms with Crippen LogP contribution in [0, 0.1) is 5.82 Å². The Kier molecular flexibility index (Phi) is 5.74. The SMILES string of the molecule is CCN(Cc1ccc(N(C)C)cc1)C(=O)Cc1cccc(F)c1. The Balaban J connectivity index is 2.02. The summed E-state index contributed by atoms with van der Waals surface area (Å²) in [5, 5.41) is 0. The number of likely N-dealkylation sites (N-methyl/N-ethyl adjacent to an activating group) is 1. The molecule has 0 aliphatic heterocycles. The lowest BCUT2D eigenvalue weighted by Gasteiger charge is -2.22. The predicted molar refractivity (Wildman–Crippen MR) is 92.0 cm³/mol. The first-order valence-electron chi connectivity index (χ1n) is 7.78. The second-order valence-corrected chi connectivity index (χ2v) is 5.78. The van der Waals surface area contributed by atoms with E-state index in [9.17, 15) is 9.18 Å². The standard InChI is InChI=1S/C19H23FN2O/c1-4-22(14-15-8-10-18(11-9-15)21(2)3)19(23)13-16-6-5-7-17(20)12-16/h5-12H,4,13-14H2,1-3H3. The molecule has 0 unspecified atom stereocenters. The van der Waals surface area contributed by atoms with Crippen LogP contribution >= 0.6 is 0 Å². The van der Waals surface area contributed by atoms with Crippen molar-refractivity contribution in [3.05, 3.63) is 65.5 Å². The van der Waals surface area contributed by atoms with Crippen LogP contribution in [0.5, 0.6) is 0 Å². The first-order valence-corrected chi connectivity index (χ1v) is 7.78. The zero-order chi connectivity index (χ0) is 16.8. The maximum atomic E-state index is 13.2. The highest BCUT2D eigenvalue weighted by molar-refractivity contribution is 5.78. The Bertz CT molecular complexity index is 653. The monoisotopic (exact) mass is 314 g/mol. The minimum Gasteiger partial charge on any atom is -0.378 e. The van der Waals surface area contributed by atoms with E-state index in [1.165, 1.54) is 12.1 Å². The summed E-state index contributed by atoms with van der Waals surface area (Å²) >= 11 is 0. The number of hydrogen-bond donors (Lipinski definition) is 0. The highest BCUT2D eigenvalue weighted by atomic mass is 19.1. The minimum absolute atomic E-state index is 0.00906. The van der Waals surface area contributed by atoms with E-state index in [0.29, 0.717) is 18.7 Å². The molecular weight excluding hydrogens is 291 g/mol. The number of carbonyl (C=O) groups excluding carboxylic acids is 1. The van der Waals surface area contributed by atoms with Crippen LogP contribution in [0.25, 0.3) is 0 Å². The Labute approximate surface area is 137 Å². The fourth-order valence-corrected chi connectivity index (χ4v) is 2.43. The Hall–Kier alpha value is -2.36. The maximum Gasteiger partial charge on any atom is 0.227 e. The van der Waals surface area contributed by atoms with Gasteiger partial charge in [0.1, 0.15) is 5.82 Å². The highest BCUT2D eigenvalue weighted by Crippen LogP contribution is 2.14. The molecule has 2 aromatic rings. The predicted octanol–water partition coefficient (Wildman–Crippen LogP) is 3.48. The van der Waals surface area contributed by atoms with Crippen molar-refractivity contribution in [3.63, 3.8) is 0 Å². The van der Waals surface area contributed by atoms with Gasteiger partial charge >= 0.3 is 0 Å². The average Bonchev–Trinajstić information content (AvgIpc) is 2.53. The zero-order valence-electron chi connectivity index (χ0n) is 13.9. The molecule has 122 valence electrons. The lowest BCUT2D eigenvalue weighted by Crippen LogP contribution is -2.31. The molecule has 0 heterocycles. The second kappa shape index (κ2) is 7.77. The molecule has 0 atom stereocenters. The molecule has 4 heteroatoms. The van der Waals surface area contributed by atoms with Crippen molar-refractivity contribution in [1.82, 2.24) is 4.90 Å². The van der Waals surface area contributed by atoms with Gasteiger partial charge in [-0.25, -0.2) is 4.39 Å². The number of carbonyl (C=O) groups is 1. The third-order valence-corrected chi connectivity index (χ3v) is 3.80. The van der Waals surface area contributed by atoms with Crippen LogP contribution < -0.4 is 4.90 Å². The summed E-state index contributed by atoms with van der Waals surface area (Å²) in [6.45, 7) is 3.15. The van der Waals surface area contributed by atoms with Gasteiger partial charge in [0.15, 0.2) is 0 Å². The summed E-state index contributed by atoms with van der Waals surface area (Å²) in [5.41, 5.74) is 2.92. The molecule has 0 aromatic heterocycles. The topological polar surface area (TPSA) is 23.6 Å². The molecule has 0 aliphatic rings. The number of hydrogen-bond acceptors (Lipinski definition) is 2. The zero-order valence-corrected chi connectivity index (χ0v) is 13.9. The van der Waals surface area contributed by atoms with Crippen molar-refractivity contribution in [2.45, 2.75) is 19.9 Å². The summed E-state index contributed by atoms with van der Waals surface area (Å²) < 4.78 is 13.2. The highest BCUT2D eigenvalue weighted by Gasteiger charge is 2.13. The second-order valence-electron chi connectivity index (χ2n) is 5.78. The number of benzene rings is 2. The van der Waals surface area contributed by atoms with Gasteiger partial charge in [-0.1, -0.05) is 24.3 Å². The number of amides is 1. The van der Waals surface area contributed by atoms with E-state index < -0.39 is 0 Å². The van der Waals surface area contributed by atoms with Crippen molar-refractivity contribution in [2.24, 2.45) is 0 Å². The molecule has 0 saturated carbocycles. The molecular formula is C19H23FN2O. The van der Waals surface area contributed by atoms with Crippen molar-refractivity contribution in [2.75, 3.05) is 25.5 Å². The first kappa shape index (κ1) is 17.0. The van der Waals surface area contributed by atoms with E-state index >= 15 is 0 Å². The van der Waals surface area contributed by atoms with Crippen LogP contribution in [-0.4, -0.2) is 31.4 Å². The van der Waals surface area contributed by atoms with Gasteiger partial charge in [-0.15, -0.1) is 0 Å². The minimum atomic E-state index is -0.308. The van der Waals surface area contributed by atoms with Crippen molar-refractivity contribution < 1.29 is 9.18 Å². The van der Waals surface area contributed by atoms with Gasteiger partial charge in [-0.3, -0.25) is 4.79 Å². The number of nitrogens with zero attached hydrogens (tertiary/aromatic N) is 2. The molecule has 0 saturated heterocycles. The average molecular weight is 314 g/mol. The van der Waals surface area contributed by atoms with E-state index in [4.69, 9.17) is 0 Å². The van der Waals surface area contributed by atoms with E-state index in [1.54, 1.807) is 17.0 Å². The van der Waals surface area contributed by atoms with E-state index in [-0.39, 0.29) is 18.1 Å². The molecule has 0 aliphatic carbocycles. The van der Waals surface area contributed by atoms with Gasteiger partial charge in [-0.2, -0.15) is 0 Å². The first-order chi connectivity index (χ1) is 11.0. The molecule has 0 N–H and O–H groups in total. The summed E-state index contributed by atoms with van der Waals surface area (Å²) in [7, 11) is 3.99. The van der Waals surface area contributed by atoms with Crippen molar-refractivity contribution in [3.8, 4) is 0 Å². The third kappa shape index (κ3) is 4.81. The molecule has 0 bridgehead atoms. The van der Waals surface area contributed by atoms with Gasteiger partial charge in [0.05, 0.1) is 6.42 Å². The summed E-state index contributed by atoms with van der Waals surface area (Å²) in [6.07, 6.45) is 0.224. The lowest BCUT2D eigenvalue weighted by atomic mass is 10.1. The van der Waals surface area contributed by atoms with Crippen molar-refractivity contribution >= 4 is 11.6 Å². The molecule has 1 amide bonds. The largest absolute Gasteiger partial charge is 0.378 e. The van der Waals surface area contributed by atoms with E-state index in [0.717, 1.165) is 11.3 Å². The van der Waals surface area contributed by atoms with Gasteiger partial charge < -0.3 is 9.80 Å². The number of rotatable bonds is 6. The summed E-state index contributed by atoms with van der Waals surface area (Å²) in [6, 6.07) is 14.4. The van der Waals surface area contributed by atoms with Crippen LogP contribution in [0.2, 0.25) is 0 Å². The third-order valence-electron chi connectivity index (χ3n) is 3.80. The Morgan fingerprint density at radius 2 is 1.74 bits per heavy atom. The van der Waals surface area contributed by atoms with Crippen LogP contribution in [-0.2, 0) is 17.8 Å². The molecule has 0 fully saturated rings. The van der Waals surface area contributed by atoms with Gasteiger partial charge in [0.2, 0.25) is 5.91 Å². The van der Waals surface area contributed by atoms with Gasteiger partial charge in [0.25, 0.3) is 0 Å². The van der Waals surface area contributed by atoms with Crippen LogP contribution in [0.4, 0.5) is 10.1 Å². The van der Waals surface area contributed by atoms with Gasteiger partial charge in [0, 0.05) is 32.9 Å². The van der Waals surface area contributed by atoms with Crippen LogP contribution in [0.1, 0.15) is 18.1 Å². The lowest BCUT2D eigenvalue weighted by molar-refractivity contribution is -0.130. The molecule has 2 rings (SSSR count). The molecule has 0 spiro atoms. The van der Waals surface area contributed by atoms with E-state index in [2.05, 4.69) is 0 Å². The van der Waals surface area contributed by atoms with Gasteiger partial charge in [-0.05, 0) is 42.3 Å². The smallest absolute Gasteiger partial charge is 0.227 e. The van der Waals surface area contributed by atoms with Crippen LogP contribution in [0.15, 0.2) is 48.5 Å².